The summed E-state index contributed by atoms with van der Waals surface area (Å²) >= 11 is 0. The lowest BCUT2D eigenvalue weighted by molar-refractivity contribution is 0.0601. The van der Waals surface area contributed by atoms with Gasteiger partial charge in [0.15, 0.2) is 0 Å². The molecule has 0 aliphatic heterocycles. The number of anilines is 1. The van der Waals surface area contributed by atoms with Gasteiger partial charge in [-0.1, -0.05) is 0 Å². The number of hydrogen-bond donors (Lipinski definition) is 1. The Labute approximate surface area is 114 Å². The molecule has 0 saturated heterocycles. The number of nitriles is 2. The number of methoxy groups -OCH3 is 2. The zero-order valence-electron chi connectivity index (χ0n) is 10.7. The number of carbonyl (C=O) groups is 1. The van der Waals surface area contributed by atoms with Crippen LogP contribution in [0.15, 0.2) is 23.9 Å². The molecule has 0 unspecified atom stereocenters. The number of carbonyl (C=O) groups excluding carboxylic acids is 1. The van der Waals surface area contributed by atoms with E-state index in [9.17, 15) is 9.18 Å². The van der Waals surface area contributed by atoms with Gasteiger partial charge in [-0.15, -0.1) is 0 Å². The van der Waals surface area contributed by atoms with Gasteiger partial charge in [-0.25, -0.2) is 9.18 Å². The summed E-state index contributed by atoms with van der Waals surface area (Å²) in [5.41, 5.74) is -0.230. The number of halogens is 1. The van der Waals surface area contributed by atoms with Crippen molar-refractivity contribution in [3.05, 3.63) is 35.3 Å². The number of allylic oxidation sites excluding steroid dienone is 1. The Morgan fingerprint density at radius 3 is 2.50 bits per heavy atom. The van der Waals surface area contributed by atoms with Crippen molar-refractivity contribution < 1.29 is 18.7 Å². The van der Waals surface area contributed by atoms with Crippen molar-refractivity contribution >= 4 is 11.7 Å². The molecule has 102 valence electrons. The fourth-order valence-corrected chi connectivity index (χ4v) is 1.40. The molecule has 1 aromatic rings. The molecule has 0 fully saturated rings. The first kappa shape index (κ1) is 15.0. The number of nitrogens with zero attached hydrogens (tertiary/aromatic N) is 2. The average molecular weight is 275 g/mol. The van der Waals surface area contributed by atoms with Crippen LogP contribution in [0.3, 0.4) is 0 Å². The Kier molecular flexibility index (Phi) is 5.07. The van der Waals surface area contributed by atoms with Gasteiger partial charge in [0.05, 0.1) is 25.5 Å². The van der Waals surface area contributed by atoms with Gasteiger partial charge in [-0.05, 0) is 6.07 Å². The summed E-state index contributed by atoms with van der Waals surface area (Å²) in [6.07, 6.45) is 1.09. The zero-order valence-corrected chi connectivity index (χ0v) is 10.7. The van der Waals surface area contributed by atoms with Gasteiger partial charge in [0.2, 0.25) is 0 Å². The quantitative estimate of drug-likeness (QED) is 0.666. The number of rotatable bonds is 4. The van der Waals surface area contributed by atoms with Crippen LogP contribution in [0, 0.1) is 28.5 Å². The first-order valence-corrected chi connectivity index (χ1v) is 5.30. The third kappa shape index (κ3) is 3.24. The molecule has 0 atom stereocenters. The minimum atomic E-state index is -0.783. The first-order valence-electron chi connectivity index (χ1n) is 5.30. The van der Waals surface area contributed by atoms with Crippen molar-refractivity contribution in [2.75, 3.05) is 19.5 Å². The molecule has 0 aliphatic rings. The Morgan fingerprint density at radius 1 is 1.35 bits per heavy atom. The molecule has 0 amide bonds. The highest BCUT2D eigenvalue weighted by molar-refractivity contribution is 5.97. The fraction of sp³-hybridized carbons (Fsp3) is 0.154. The van der Waals surface area contributed by atoms with Crippen molar-refractivity contribution in [1.29, 1.82) is 10.5 Å². The molecule has 0 aromatic heterocycles. The highest BCUT2D eigenvalue weighted by Gasteiger charge is 2.18. The van der Waals surface area contributed by atoms with Gasteiger partial charge in [-0.3, -0.25) is 0 Å². The Hall–Kier alpha value is -3.06. The maximum atomic E-state index is 13.4. The second-order valence-corrected chi connectivity index (χ2v) is 3.45. The molecule has 1 rings (SSSR count). The van der Waals surface area contributed by atoms with E-state index in [1.165, 1.54) is 7.11 Å². The third-order valence-electron chi connectivity index (χ3n) is 2.29. The Bertz CT molecular complexity index is 625. The molecule has 6 nitrogen and oxygen atoms in total. The maximum Gasteiger partial charge on any atom is 0.340 e. The number of ether oxygens (including phenoxy) is 2. The largest absolute Gasteiger partial charge is 0.494 e. The van der Waals surface area contributed by atoms with Crippen LogP contribution in [-0.2, 0) is 4.74 Å². The van der Waals surface area contributed by atoms with Crippen LogP contribution < -0.4 is 10.1 Å². The summed E-state index contributed by atoms with van der Waals surface area (Å²) in [6, 6.07) is 5.30. The van der Waals surface area contributed by atoms with E-state index in [2.05, 4.69) is 10.1 Å². The van der Waals surface area contributed by atoms with Gasteiger partial charge in [0.25, 0.3) is 0 Å². The molecule has 0 aliphatic carbocycles. The molecule has 1 N–H and O–H groups in total. The van der Waals surface area contributed by atoms with Crippen molar-refractivity contribution in [3.63, 3.8) is 0 Å². The maximum absolute atomic E-state index is 13.4. The van der Waals surface area contributed by atoms with Crippen LogP contribution in [-0.4, -0.2) is 20.2 Å². The van der Waals surface area contributed by atoms with Gasteiger partial charge in [-0.2, -0.15) is 10.5 Å². The molecular formula is C13H10FN3O3. The second kappa shape index (κ2) is 6.76. The fourth-order valence-electron chi connectivity index (χ4n) is 1.40. The van der Waals surface area contributed by atoms with E-state index in [1.54, 1.807) is 12.1 Å². The molecule has 0 saturated carbocycles. The van der Waals surface area contributed by atoms with E-state index >= 15 is 0 Å². The second-order valence-electron chi connectivity index (χ2n) is 3.45. The van der Waals surface area contributed by atoms with E-state index < -0.39 is 11.8 Å². The highest BCUT2D eigenvalue weighted by atomic mass is 19.1. The number of esters is 1. The SMILES string of the molecule is COC(=O)c1cc(F)cc(OC)c1NC=C(C#N)C#N. The summed E-state index contributed by atoms with van der Waals surface area (Å²) in [4.78, 5) is 11.6. The van der Waals surface area contributed by atoms with Crippen molar-refractivity contribution in [3.8, 4) is 17.9 Å². The lowest BCUT2D eigenvalue weighted by Gasteiger charge is -2.12. The van der Waals surface area contributed by atoms with Crippen molar-refractivity contribution in [1.82, 2.24) is 0 Å². The normalized spacial score (nSPS) is 8.85. The number of benzene rings is 1. The molecule has 7 heteroatoms. The van der Waals surface area contributed by atoms with Gasteiger partial charge < -0.3 is 14.8 Å². The van der Waals surface area contributed by atoms with Crippen LogP contribution in [0.5, 0.6) is 5.75 Å². The van der Waals surface area contributed by atoms with Crippen LogP contribution >= 0.6 is 0 Å². The van der Waals surface area contributed by atoms with Gasteiger partial charge in [0, 0.05) is 12.3 Å². The van der Waals surface area contributed by atoms with Crippen LogP contribution in [0.25, 0.3) is 0 Å². The minimum absolute atomic E-state index is 0.0388. The molecule has 0 bridgehead atoms. The standard InChI is InChI=1S/C13H10FN3O3/c1-19-11-4-9(14)3-10(13(18)20-2)12(11)17-7-8(5-15)6-16/h3-4,7,17H,1-2H3. The average Bonchev–Trinajstić information content (AvgIpc) is 2.47. The number of hydrogen-bond acceptors (Lipinski definition) is 6. The third-order valence-corrected chi connectivity index (χ3v) is 2.29. The predicted octanol–water partition coefficient (Wildman–Crippen LogP) is 1.96. The smallest absolute Gasteiger partial charge is 0.340 e. The summed E-state index contributed by atoms with van der Waals surface area (Å²) in [7, 11) is 2.44. The van der Waals surface area contributed by atoms with Crippen LogP contribution in [0.4, 0.5) is 10.1 Å². The topological polar surface area (TPSA) is 95.1 Å². The van der Waals surface area contributed by atoms with E-state index in [-0.39, 0.29) is 22.6 Å². The van der Waals surface area contributed by atoms with E-state index in [1.807, 2.05) is 0 Å². The zero-order chi connectivity index (χ0) is 15.1. The predicted molar refractivity (Wildman–Crippen MR) is 67.2 cm³/mol. The summed E-state index contributed by atoms with van der Waals surface area (Å²) in [6.45, 7) is 0. The lowest BCUT2D eigenvalue weighted by Crippen LogP contribution is -2.08. The Morgan fingerprint density at radius 2 is 2.00 bits per heavy atom. The minimum Gasteiger partial charge on any atom is -0.494 e. The van der Waals surface area contributed by atoms with Gasteiger partial charge in [0.1, 0.15) is 29.3 Å². The lowest BCUT2D eigenvalue weighted by atomic mass is 10.1. The van der Waals surface area contributed by atoms with E-state index in [4.69, 9.17) is 15.3 Å². The van der Waals surface area contributed by atoms with Gasteiger partial charge >= 0.3 is 5.97 Å². The molecule has 0 heterocycles. The van der Waals surface area contributed by atoms with Crippen molar-refractivity contribution in [2.24, 2.45) is 0 Å². The summed E-state index contributed by atoms with van der Waals surface area (Å²) in [5.74, 6) is -1.43. The molecule has 20 heavy (non-hydrogen) atoms. The Balaban J connectivity index is 3.36. The monoisotopic (exact) mass is 275 g/mol. The molecule has 1 aromatic carbocycles. The highest BCUT2D eigenvalue weighted by Crippen LogP contribution is 2.30. The first-order chi connectivity index (χ1) is 9.57. The molecule has 0 spiro atoms. The van der Waals surface area contributed by atoms with E-state index in [0.29, 0.717) is 0 Å². The molecular weight excluding hydrogens is 265 g/mol. The van der Waals surface area contributed by atoms with Crippen LogP contribution in [0.2, 0.25) is 0 Å². The van der Waals surface area contributed by atoms with Crippen LogP contribution in [0.1, 0.15) is 10.4 Å². The molecule has 0 radical (unpaired) electrons. The van der Waals surface area contributed by atoms with Crippen molar-refractivity contribution in [2.45, 2.75) is 0 Å². The summed E-state index contributed by atoms with van der Waals surface area (Å²) < 4.78 is 22.9. The number of nitrogens with one attached hydrogen (secondary N) is 1. The van der Waals surface area contributed by atoms with E-state index in [0.717, 1.165) is 25.4 Å². The summed E-state index contributed by atoms with van der Waals surface area (Å²) in [5, 5.41) is 19.8.